The number of fused-ring (bicyclic) bond motifs is 3. The number of carbonyl (C=O) groups is 1. The summed E-state index contributed by atoms with van der Waals surface area (Å²) in [6.07, 6.45) is 2.67. The molecule has 0 radical (unpaired) electrons. The molecular formula is C23H23NO4. The van der Waals surface area contributed by atoms with Crippen molar-refractivity contribution in [1.82, 2.24) is 5.32 Å². The van der Waals surface area contributed by atoms with Crippen molar-refractivity contribution >= 4 is 16.9 Å². The van der Waals surface area contributed by atoms with E-state index in [0.717, 1.165) is 46.9 Å². The van der Waals surface area contributed by atoms with E-state index in [1.54, 1.807) is 6.07 Å². The maximum Gasteiger partial charge on any atom is 0.339 e. The van der Waals surface area contributed by atoms with Crippen molar-refractivity contribution in [2.75, 3.05) is 6.61 Å². The number of rotatable bonds is 5. The van der Waals surface area contributed by atoms with E-state index in [0.29, 0.717) is 11.3 Å². The highest BCUT2D eigenvalue weighted by atomic mass is 16.5. The summed E-state index contributed by atoms with van der Waals surface area (Å²) in [7, 11) is 0. The molecule has 0 aliphatic heterocycles. The zero-order chi connectivity index (χ0) is 19.7. The SMILES string of the molecule is Cc1ccccc1[C@H](C)NC(=O)COc1ccc2c3c(c(=O)oc2c1)CCC3. The molecule has 5 heteroatoms. The van der Waals surface area contributed by atoms with Crippen LogP contribution in [-0.2, 0) is 17.6 Å². The fraction of sp³-hybridized carbons (Fsp3) is 0.304. The number of amides is 1. The van der Waals surface area contributed by atoms with Gasteiger partial charge in [-0.05, 0) is 61.9 Å². The van der Waals surface area contributed by atoms with Crippen molar-refractivity contribution in [3.05, 3.63) is 75.1 Å². The minimum Gasteiger partial charge on any atom is -0.484 e. The number of benzene rings is 2. The molecule has 0 saturated heterocycles. The van der Waals surface area contributed by atoms with E-state index in [2.05, 4.69) is 5.32 Å². The van der Waals surface area contributed by atoms with E-state index in [9.17, 15) is 9.59 Å². The molecule has 1 aliphatic carbocycles. The van der Waals surface area contributed by atoms with E-state index >= 15 is 0 Å². The van der Waals surface area contributed by atoms with Crippen molar-refractivity contribution in [2.24, 2.45) is 0 Å². The van der Waals surface area contributed by atoms with Crippen LogP contribution in [0.5, 0.6) is 5.75 Å². The van der Waals surface area contributed by atoms with E-state index in [4.69, 9.17) is 9.15 Å². The number of hydrogen-bond acceptors (Lipinski definition) is 4. The molecule has 0 saturated carbocycles. The normalized spacial score (nSPS) is 13.9. The lowest BCUT2D eigenvalue weighted by molar-refractivity contribution is -0.123. The fourth-order valence-corrected chi connectivity index (χ4v) is 3.94. The van der Waals surface area contributed by atoms with Gasteiger partial charge in [0.2, 0.25) is 0 Å². The van der Waals surface area contributed by atoms with Crippen molar-refractivity contribution in [1.29, 1.82) is 0 Å². The van der Waals surface area contributed by atoms with E-state index in [1.807, 2.05) is 50.2 Å². The summed E-state index contributed by atoms with van der Waals surface area (Å²) < 4.78 is 11.1. The van der Waals surface area contributed by atoms with Gasteiger partial charge in [-0.2, -0.15) is 0 Å². The van der Waals surface area contributed by atoms with Gasteiger partial charge >= 0.3 is 5.63 Å². The molecule has 0 spiro atoms. The molecule has 28 heavy (non-hydrogen) atoms. The van der Waals surface area contributed by atoms with Gasteiger partial charge in [0.05, 0.1) is 6.04 Å². The van der Waals surface area contributed by atoms with Gasteiger partial charge in [-0.25, -0.2) is 4.79 Å². The van der Waals surface area contributed by atoms with Gasteiger partial charge < -0.3 is 14.5 Å². The first kappa shape index (κ1) is 18.3. The quantitative estimate of drug-likeness (QED) is 0.686. The van der Waals surface area contributed by atoms with Crippen LogP contribution in [0.1, 0.15) is 41.6 Å². The van der Waals surface area contributed by atoms with Gasteiger partial charge in [0, 0.05) is 17.0 Å². The Morgan fingerprint density at radius 1 is 1.18 bits per heavy atom. The summed E-state index contributed by atoms with van der Waals surface area (Å²) in [5.41, 5.74) is 4.35. The van der Waals surface area contributed by atoms with E-state index in [-0.39, 0.29) is 24.2 Å². The molecule has 0 unspecified atom stereocenters. The second-order valence-electron chi connectivity index (χ2n) is 7.29. The fourth-order valence-electron chi connectivity index (χ4n) is 3.94. The highest BCUT2D eigenvalue weighted by Gasteiger charge is 2.20. The van der Waals surface area contributed by atoms with Crippen LogP contribution < -0.4 is 15.7 Å². The second kappa shape index (κ2) is 7.50. The molecule has 1 atom stereocenters. The maximum absolute atomic E-state index is 12.3. The number of hydrogen-bond donors (Lipinski definition) is 1. The van der Waals surface area contributed by atoms with Crippen molar-refractivity contribution in [2.45, 2.75) is 39.2 Å². The summed E-state index contributed by atoms with van der Waals surface area (Å²) in [5.74, 6) is 0.304. The predicted molar refractivity (Wildman–Crippen MR) is 108 cm³/mol. The van der Waals surface area contributed by atoms with Gasteiger partial charge in [0.1, 0.15) is 11.3 Å². The van der Waals surface area contributed by atoms with E-state index in [1.165, 1.54) is 0 Å². The Balaban J connectivity index is 1.44. The van der Waals surface area contributed by atoms with Crippen molar-refractivity contribution in [3.8, 4) is 5.75 Å². The lowest BCUT2D eigenvalue weighted by atomic mass is 10.0. The minimum absolute atomic E-state index is 0.100. The molecule has 1 aliphatic rings. The Bertz CT molecular complexity index is 1100. The molecule has 0 bridgehead atoms. The number of carbonyl (C=O) groups excluding carboxylic acids is 1. The second-order valence-corrected chi connectivity index (χ2v) is 7.29. The highest BCUT2D eigenvalue weighted by Crippen LogP contribution is 2.29. The topological polar surface area (TPSA) is 68.5 Å². The first-order valence-electron chi connectivity index (χ1n) is 9.59. The van der Waals surface area contributed by atoms with Crippen LogP contribution in [0.15, 0.2) is 51.7 Å². The molecule has 3 aromatic rings. The zero-order valence-corrected chi connectivity index (χ0v) is 16.1. The molecule has 2 aromatic carbocycles. The third-order valence-corrected chi connectivity index (χ3v) is 5.35. The molecule has 144 valence electrons. The molecule has 1 aromatic heterocycles. The van der Waals surface area contributed by atoms with Gasteiger partial charge in [-0.3, -0.25) is 4.79 Å². The molecule has 4 rings (SSSR count). The van der Waals surface area contributed by atoms with E-state index < -0.39 is 0 Å². The molecule has 5 nitrogen and oxygen atoms in total. The summed E-state index contributed by atoms with van der Waals surface area (Å²) >= 11 is 0. The highest BCUT2D eigenvalue weighted by molar-refractivity contribution is 5.83. The summed E-state index contributed by atoms with van der Waals surface area (Å²) in [5, 5.41) is 3.91. The Morgan fingerprint density at radius 3 is 2.79 bits per heavy atom. The van der Waals surface area contributed by atoms with Crippen LogP contribution in [0.25, 0.3) is 11.0 Å². The standard InChI is InChI=1S/C23H23NO4/c1-14-6-3-4-7-17(14)15(2)24-22(25)13-27-16-10-11-19-18-8-5-9-20(18)23(26)28-21(19)12-16/h3-4,6-7,10-12,15H,5,8-9,13H2,1-2H3,(H,24,25)/t15-/m0/s1. The van der Waals surface area contributed by atoms with Crippen molar-refractivity contribution in [3.63, 3.8) is 0 Å². The molecule has 1 amide bonds. The Hall–Kier alpha value is -3.08. The van der Waals surface area contributed by atoms with Gasteiger partial charge in [-0.1, -0.05) is 24.3 Å². The summed E-state index contributed by atoms with van der Waals surface area (Å²) in [6.45, 7) is 3.87. The van der Waals surface area contributed by atoms with Crippen molar-refractivity contribution < 1.29 is 13.9 Å². The number of aryl methyl sites for hydroxylation is 2. The predicted octanol–water partition coefficient (Wildman–Crippen LogP) is 3.85. The third kappa shape index (κ3) is 3.52. The largest absolute Gasteiger partial charge is 0.484 e. The van der Waals surface area contributed by atoms with Crippen LogP contribution in [-0.4, -0.2) is 12.5 Å². The van der Waals surface area contributed by atoms with Crippen LogP contribution in [0.2, 0.25) is 0 Å². The Labute approximate surface area is 163 Å². The van der Waals surface area contributed by atoms with Crippen LogP contribution in [0.4, 0.5) is 0 Å². The lowest BCUT2D eigenvalue weighted by Crippen LogP contribution is -2.31. The maximum atomic E-state index is 12.3. The van der Waals surface area contributed by atoms with Crippen LogP contribution in [0, 0.1) is 6.92 Å². The third-order valence-electron chi connectivity index (χ3n) is 5.35. The minimum atomic E-state index is -0.262. The van der Waals surface area contributed by atoms with Crippen LogP contribution in [0.3, 0.4) is 0 Å². The van der Waals surface area contributed by atoms with Crippen LogP contribution >= 0.6 is 0 Å². The molecule has 1 N–H and O–H groups in total. The zero-order valence-electron chi connectivity index (χ0n) is 16.1. The average molecular weight is 377 g/mol. The molecule has 0 fully saturated rings. The molecular weight excluding hydrogens is 354 g/mol. The first-order valence-corrected chi connectivity index (χ1v) is 9.59. The number of nitrogens with one attached hydrogen (secondary N) is 1. The van der Waals surface area contributed by atoms with Gasteiger partial charge in [0.15, 0.2) is 6.61 Å². The average Bonchev–Trinajstić information content (AvgIpc) is 3.17. The van der Waals surface area contributed by atoms with Gasteiger partial charge in [0.25, 0.3) is 5.91 Å². The Morgan fingerprint density at radius 2 is 1.96 bits per heavy atom. The lowest BCUT2D eigenvalue weighted by Gasteiger charge is -2.17. The first-order chi connectivity index (χ1) is 13.5. The summed E-state index contributed by atoms with van der Waals surface area (Å²) in [4.78, 5) is 24.4. The monoisotopic (exact) mass is 377 g/mol. The molecule has 1 heterocycles. The Kier molecular flexibility index (Phi) is 4.90. The number of ether oxygens (including phenoxy) is 1. The van der Waals surface area contributed by atoms with Gasteiger partial charge in [-0.15, -0.1) is 0 Å². The summed E-state index contributed by atoms with van der Waals surface area (Å²) in [6, 6.07) is 13.3. The smallest absolute Gasteiger partial charge is 0.339 e.